The molecular weight excluding hydrogens is 323 g/mol. The molecule has 0 amide bonds. The van der Waals surface area contributed by atoms with Crippen LogP contribution in [0.15, 0.2) is 42.5 Å². The highest BCUT2D eigenvalue weighted by Gasteiger charge is 2.14. The van der Waals surface area contributed by atoms with Gasteiger partial charge in [-0.1, -0.05) is 48.0 Å². The number of aryl methyl sites for hydroxylation is 2. The van der Waals surface area contributed by atoms with Crippen molar-refractivity contribution in [3.63, 3.8) is 0 Å². The molecule has 0 heterocycles. The largest absolute Gasteiger partial charge is 0.384 e. The Morgan fingerprint density at radius 1 is 1.00 bits per heavy atom. The summed E-state index contributed by atoms with van der Waals surface area (Å²) >= 11 is 2.29. The first kappa shape index (κ1) is 12.6. The molecule has 0 aliphatic carbocycles. The van der Waals surface area contributed by atoms with Gasteiger partial charge in [-0.25, -0.2) is 0 Å². The molecule has 1 nitrogen and oxygen atoms in total. The first-order valence-corrected chi connectivity index (χ1v) is 6.67. The van der Waals surface area contributed by atoms with Crippen molar-refractivity contribution in [3.8, 4) is 0 Å². The molecule has 2 aromatic carbocycles. The van der Waals surface area contributed by atoms with E-state index in [9.17, 15) is 5.11 Å². The third kappa shape index (κ3) is 2.69. The second kappa shape index (κ2) is 5.19. The van der Waals surface area contributed by atoms with Crippen molar-refractivity contribution in [1.29, 1.82) is 0 Å². The van der Waals surface area contributed by atoms with Crippen LogP contribution in [0, 0.1) is 17.4 Å². The summed E-state index contributed by atoms with van der Waals surface area (Å²) in [5.41, 5.74) is 4.34. The average molecular weight is 338 g/mol. The maximum Gasteiger partial charge on any atom is 0.105 e. The molecule has 1 unspecified atom stereocenters. The molecule has 1 N–H and O–H groups in total. The Morgan fingerprint density at radius 2 is 1.65 bits per heavy atom. The van der Waals surface area contributed by atoms with E-state index in [1.165, 1.54) is 11.1 Å². The third-order valence-electron chi connectivity index (χ3n) is 2.91. The van der Waals surface area contributed by atoms with Gasteiger partial charge in [-0.05, 0) is 53.1 Å². The highest BCUT2D eigenvalue weighted by molar-refractivity contribution is 14.1. The molecule has 0 saturated carbocycles. The number of aliphatic hydroxyl groups is 1. The van der Waals surface area contributed by atoms with Crippen LogP contribution in [-0.2, 0) is 0 Å². The molecule has 2 rings (SSSR count). The van der Waals surface area contributed by atoms with E-state index in [1.807, 2.05) is 43.3 Å². The van der Waals surface area contributed by atoms with Crippen LogP contribution in [0.2, 0.25) is 0 Å². The molecule has 2 aromatic rings. The molecule has 0 aliphatic rings. The van der Waals surface area contributed by atoms with E-state index in [0.717, 1.165) is 14.7 Å². The van der Waals surface area contributed by atoms with Crippen LogP contribution in [-0.4, -0.2) is 5.11 Å². The summed E-state index contributed by atoms with van der Waals surface area (Å²) in [4.78, 5) is 0. The molecule has 17 heavy (non-hydrogen) atoms. The van der Waals surface area contributed by atoms with E-state index in [-0.39, 0.29) is 0 Å². The van der Waals surface area contributed by atoms with Gasteiger partial charge < -0.3 is 5.11 Å². The smallest absolute Gasteiger partial charge is 0.105 e. The molecule has 0 radical (unpaired) electrons. The fourth-order valence-electron chi connectivity index (χ4n) is 1.81. The lowest BCUT2D eigenvalue weighted by molar-refractivity contribution is 0.219. The summed E-state index contributed by atoms with van der Waals surface area (Å²) in [6.07, 6.45) is -0.539. The molecule has 2 heteroatoms. The summed E-state index contributed by atoms with van der Waals surface area (Å²) in [6.45, 7) is 4.11. The minimum Gasteiger partial charge on any atom is -0.384 e. The van der Waals surface area contributed by atoms with Gasteiger partial charge in [-0.2, -0.15) is 0 Å². The number of hydrogen-bond acceptors (Lipinski definition) is 1. The monoisotopic (exact) mass is 338 g/mol. The molecule has 88 valence electrons. The molecule has 0 bridgehead atoms. The Kier molecular flexibility index (Phi) is 3.84. The van der Waals surface area contributed by atoms with Crippen molar-refractivity contribution in [2.45, 2.75) is 20.0 Å². The highest BCUT2D eigenvalue weighted by Crippen LogP contribution is 2.28. The quantitative estimate of drug-likeness (QED) is 0.821. The van der Waals surface area contributed by atoms with Crippen LogP contribution in [0.5, 0.6) is 0 Å². The lowest BCUT2D eigenvalue weighted by atomic mass is 9.99. The van der Waals surface area contributed by atoms with Gasteiger partial charge >= 0.3 is 0 Å². The van der Waals surface area contributed by atoms with Crippen molar-refractivity contribution in [2.75, 3.05) is 0 Å². The maximum absolute atomic E-state index is 10.4. The number of rotatable bonds is 2. The van der Waals surface area contributed by atoms with E-state index in [2.05, 4.69) is 35.6 Å². The molecule has 0 saturated heterocycles. The number of halogens is 1. The number of benzene rings is 2. The summed E-state index contributed by atoms with van der Waals surface area (Å²) in [6, 6.07) is 14.1. The zero-order valence-corrected chi connectivity index (χ0v) is 12.1. The SMILES string of the molecule is Cc1ccc(C(O)c2cccc(C)c2I)cc1. The molecule has 0 spiro atoms. The Bertz CT molecular complexity index is 517. The first-order valence-electron chi connectivity index (χ1n) is 5.59. The van der Waals surface area contributed by atoms with Crippen LogP contribution < -0.4 is 0 Å². The lowest BCUT2D eigenvalue weighted by Crippen LogP contribution is -2.03. The predicted octanol–water partition coefficient (Wildman–Crippen LogP) is 3.99. The zero-order valence-electron chi connectivity index (χ0n) is 9.94. The van der Waals surface area contributed by atoms with Gasteiger partial charge in [-0.3, -0.25) is 0 Å². The minimum atomic E-state index is -0.539. The second-order valence-corrected chi connectivity index (χ2v) is 5.37. The average Bonchev–Trinajstić information content (AvgIpc) is 2.33. The van der Waals surface area contributed by atoms with E-state index in [0.29, 0.717) is 0 Å². The Morgan fingerprint density at radius 3 is 2.29 bits per heavy atom. The molecule has 1 atom stereocenters. The first-order chi connectivity index (χ1) is 8.09. The van der Waals surface area contributed by atoms with E-state index in [1.54, 1.807) is 0 Å². The number of aliphatic hydroxyl groups excluding tert-OH is 1. The second-order valence-electron chi connectivity index (χ2n) is 4.29. The van der Waals surface area contributed by atoms with Gasteiger partial charge in [0.15, 0.2) is 0 Å². The fraction of sp³-hybridized carbons (Fsp3) is 0.200. The van der Waals surface area contributed by atoms with Crippen molar-refractivity contribution in [1.82, 2.24) is 0 Å². The molecular formula is C15H15IO. The van der Waals surface area contributed by atoms with E-state index >= 15 is 0 Å². The molecule has 0 fully saturated rings. The van der Waals surface area contributed by atoms with Crippen molar-refractivity contribution in [2.24, 2.45) is 0 Å². The predicted molar refractivity (Wildman–Crippen MR) is 79.1 cm³/mol. The van der Waals surface area contributed by atoms with Crippen molar-refractivity contribution < 1.29 is 5.11 Å². The van der Waals surface area contributed by atoms with Crippen LogP contribution >= 0.6 is 22.6 Å². The maximum atomic E-state index is 10.4. The van der Waals surface area contributed by atoms with Gasteiger partial charge in [-0.15, -0.1) is 0 Å². The summed E-state index contributed by atoms with van der Waals surface area (Å²) < 4.78 is 1.14. The van der Waals surface area contributed by atoms with Gasteiger partial charge in [0.1, 0.15) is 6.10 Å². The van der Waals surface area contributed by atoms with E-state index < -0.39 is 6.10 Å². The lowest BCUT2D eigenvalue weighted by Gasteiger charge is -2.14. The molecule has 0 aliphatic heterocycles. The van der Waals surface area contributed by atoms with Gasteiger partial charge in [0.25, 0.3) is 0 Å². The zero-order chi connectivity index (χ0) is 12.4. The van der Waals surface area contributed by atoms with Crippen LogP contribution in [0.4, 0.5) is 0 Å². The standard InChI is InChI=1S/C15H15IO/c1-10-6-8-12(9-7-10)15(17)13-5-3-4-11(2)14(13)16/h3-9,15,17H,1-2H3. The summed E-state index contributed by atoms with van der Waals surface area (Å²) in [5, 5.41) is 10.4. The Hall–Kier alpha value is -0.870. The van der Waals surface area contributed by atoms with Crippen LogP contribution in [0.25, 0.3) is 0 Å². The van der Waals surface area contributed by atoms with Gasteiger partial charge in [0.2, 0.25) is 0 Å². The summed E-state index contributed by atoms with van der Waals surface area (Å²) in [5.74, 6) is 0. The fourth-order valence-corrected chi connectivity index (χ4v) is 2.46. The summed E-state index contributed by atoms with van der Waals surface area (Å²) in [7, 11) is 0. The van der Waals surface area contributed by atoms with Crippen LogP contribution in [0.3, 0.4) is 0 Å². The highest BCUT2D eigenvalue weighted by atomic mass is 127. The van der Waals surface area contributed by atoms with Gasteiger partial charge in [0, 0.05) is 3.57 Å². The van der Waals surface area contributed by atoms with E-state index in [4.69, 9.17) is 0 Å². The Balaban J connectivity index is 2.40. The normalized spacial score (nSPS) is 12.5. The Labute approximate surface area is 116 Å². The third-order valence-corrected chi connectivity index (χ3v) is 4.38. The number of hydrogen-bond donors (Lipinski definition) is 1. The molecule has 0 aromatic heterocycles. The van der Waals surface area contributed by atoms with Crippen molar-refractivity contribution in [3.05, 3.63) is 68.3 Å². The van der Waals surface area contributed by atoms with Crippen LogP contribution in [0.1, 0.15) is 28.4 Å². The topological polar surface area (TPSA) is 20.2 Å². The van der Waals surface area contributed by atoms with Crippen molar-refractivity contribution >= 4 is 22.6 Å². The minimum absolute atomic E-state index is 0.539. The van der Waals surface area contributed by atoms with Gasteiger partial charge in [0.05, 0.1) is 0 Å².